The maximum absolute atomic E-state index is 13.0. The number of aromatic nitrogens is 6. The molecule has 16 N–H and O–H groups in total. The van der Waals surface area contributed by atoms with E-state index in [9.17, 15) is 19.2 Å². The van der Waals surface area contributed by atoms with Crippen molar-refractivity contribution in [2.45, 2.75) is 224 Å². The molecule has 7 atom stereocenters. The summed E-state index contributed by atoms with van der Waals surface area (Å²) in [4.78, 5) is 42.8. The van der Waals surface area contributed by atoms with Crippen LogP contribution in [0.1, 0.15) is 139 Å². The summed E-state index contributed by atoms with van der Waals surface area (Å²) in [5.74, 6) is 1.88. The van der Waals surface area contributed by atoms with Gasteiger partial charge in [0.15, 0.2) is 20.0 Å². The number of ether oxygens (including phenoxy) is 1. The second kappa shape index (κ2) is 29.8. The van der Waals surface area contributed by atoms with Crippen molar-refractivity contribution in [2.75, 3.05) is 67.1 Å². The summed E-state index contributed by atoms with van der Waals surface area (Å²) in [6.45, 7) is 28.3. The first kappa shape index (κ1) is 72.8. The van der Waals surface area contributed by atoms with E-state index in [0.29, 0.717) is 50.3 Å². The first-order valence-electron chi connectivity index (χ1n) is 30.7. The van der Waals surface area contributed by atoms with Crippen molar-refractivity contribution in [1.82, 2.24) is 44.8 Å². The van der Waals surface area contributed by atoms with E-state index in [1.807, 2.05) is 46.4 Å². The van der Waals surface area contributed by atoms with Crippen LogP contribution in [0.5, 0.6) is 0 Å². The normalized spacial score (nSPS) is 24.3. The Kier molecular flexibility index (Phi) is 24.4. The highest BCUT2D eigenvalue weighted by Gasteiger charge is 2.53. The van der Waals surface area contributed by atoms with E-state index in [-0.39, 0.29) is 91.2 Å². The highest BCUT2D eigenvalue weighted by molar-refractivity contribution is 7.99. The smallest absolute Gasteiger partial charge is 0.410 e. The van der Waals surface area contributed by atoms with Crippen LogP contribution >= 0.6 is 58.3 Å². The highest BCUT2D eigenvalue weighted by atomic mass is 35.5. The molecule has 29 heteroatoms. The molecule has 3 saturated heterocycles. The van der Waals surface area contributed by atoms with Crippen LogP contribution in [-0.4, -0.2) is 150 Å². The van der Waals surface area contributed by atoms with E-state index in [0.717, 1.165) is 108 Å². The third kappa shape index (κ3) is 18.8. The predicted octanol–water partition coefficient (Wildman–Crippen LogP) is 9.85. The summed E-state index contributed by atoms with van der Waals surface area (Å²) < 4.78 is 28.6. The predicted molar refractivity (Wildman–Crippen MR) is 364 cm³/mol. The second-order valence-corrected chi connectivity index (χ2v) is 38.2. The van der Waals surface area contributed by atoms with Gasteiger partial charge in [-0.1, -0.05) is 79.1 Å². The molecule has 10 rings (SSSR count). The minimum atomic E-state index is -1.90. The SMILES string of the molecule is CC(C)(C)OC(=O)N1CCC2(CC1)C[C@@H](O[Si](C)(C)C(C)(C)C)C[C@H]2NS(=O)C(C)(C)C.N[C@@H]1C[C@H](O)CC12CCNCC2.Nc1nc(Cl)cnc1Sc1ccnc(N)c1Cl.Nc1nc(N2CCC3(CC2)C[C@@H](O)C[C@H]3N)cnc1Sc1ccnc(N)c1Cl. The Morgan fingerprint density at radius 3 is 1.63 bits per heavy atom. The number of pyridine rings is 2. The fraction of sp³-hybridized carbons (Fsp3) is 0.683. The topological polar surface area (TPSA) is 357 Å². The Labute approximate surface area is 553 Å². The number of carbonyl (C=O) groups excluding carboxylic acids is 1. The van der Waals surface area contributed by atoms with E-state index >= 15 is 0 Å². The van der Waals surface area contributed by atoms with Crippen molar-refractivity contribution in [3.63, 3.8) is 0 Å². The van der Waals surface area contributed by atoms with Crippen molar-refractivity contribution >= 4 is 113 Å². The number of likely N-dealkylation sites (tertiary alicyclic amines) is 1. The zero-order chi connectivity index (χ0) is 65.7. The molecule has 3 aliphatic heterocycles. The van der Waals surface area contributed by atoms with Gasteiger partial charge in [0.2, 0.25) is 0 Å². The first-order valence-corrected chi connectivity index (χ1v) is 37.5. The Hall–Kier alpha value is -3.61. The van der Waals surface area contributed by atoms with Gasteiger partial charge in [0.05, 0.1) is 50.4 Å². The van der Waals surface area contributed by atoms with Crippen LogP contribution in [0.15, 0.2) is 56.8 Å². The first-order chi connectivity index (χ1) is 41.4. The molecule has 22 nitrogen and oxygen atoms in total. The fourth-order valence-corrected chi connectivity index (χ4v) is 16.9. The minimum Gasteiger partial charge on any atom is -0.444 e. The molecule has 3 spiro atoms. The van der Waals surface area contributed by atoms with Crippen molar-refractivity contribution < 1.29 is 28.4 Å². The molecule has 7 heterocycles. The van der Waals surface area contributed by atoms with Gasteiger partial charge in [-0.3, -0.25) is 0 Å². The average Bonchev–Trinajstić information content (AvgIpc) is 1.75. The molecular formula is C60H97Cl3N16O6S3Si. The number of amides is 1. The average molecular weight is 1370 g/mol. The lowest BCUT2D eigenvalue weighted by atomic mass is 9.74. The van der Waals surface area contributed by atoms with Gasteiger partial charge in [0, 0.05) is 72.6 Å². The van der Waals surface area contributed by atoms with Crippen LogP contribution in [0, 0.1) is 16.2 Å². The van der Waals surface area contributed by atoms with Crippen molar-refractivity contribution in [3.05, 3.63) is 52.1 Å². The Morgan fingerprint density at radius 1 is 0.697 bits per heavy atom. The summed E-state index contributed by atoms with van der Waals surface area (Å²) in [5.41, 5.74) is 35.4. The number of nitrogen functional groups attached to an aromatic ring is 4. The molecule has 3 saturated carbocycles. The summed E-state index contributed by atoms with van der Waals surface area (Å²) >= 11 is 20.4. The number of rotatable bonds is 9. The lowest BCUT2D eigenvalue weighted by Gasteiger charge is -2.44. The van der Waals surface area contributed by atoms with Gasteiger partial charge >= 0.3 is 6.09 Å². The second-order valence-electron chi connectivity index (χ2n) is 28.2. The number of piperidine rings is 3. The van der Waals surface area contributed by atoms with Gasteiger partial charge in [-0.2, -0.15) is 0 Å². The van der Waals surface area contributed by atoms with Gasteiger partial charge in [-0.15, -0.1) is 0 Å². The van der Waals surface area contributed by atoms with Crippen LogP contribution < -0.4 is 49.3 Å². The number of nitrogens with one attached hydrogen (secondary N) is 2. The molecule has 0 aromatic carbocycles. The largest absolute Gasteiger partial charge is 0.444 e. The number of hydrogen-bond acceptors (Lipinski definition) is 22. The Balaban J connectivity index is 0.000000179. The Morgan fingerprint density at radius 2 is 1.18 bits per heavy atom. The van der Waals surface area contributed by atoms with Crippen LogP contribution in [-0.2, 0) is 20.1 Å². The van der Waals surface area contributed by atoms with Crippen LogP contribution in [0.25, 0.3) is 0 Å². The quantitative estimate of drug-likeness (QED) is 0.0696. The molecule has 1 amide bonds. The number of carbonyl (C=O) groups is 1. The molecule has 496 valence electrons. The Bertz CT molecular complexity index is 3070. The molecule has 4 aromatic heterocycles. The van der Waals surface area contributed by atoms with Gasteiger partial charge in [0.25, 0.3) is 0 Å². The number of anilines is 5. The lowest BCUT2D eigenvalue weighted by Crippen LogP contribution is -2.52. The molecule has 89 heavy (non-hydrogen) atoms. The van der Waals surface area contributed by atoms with Crippen LogP contribution in [0.2, 0.25) is 33.3 Å². The molecule has 0 bridgehead atoms. The summed E-state index contributed by atoms with van der Waals surface area (Å²) in [7, 11) is -3.04. The van der Waals surface area contributed by atoms with Crippen LogP contribution in [0.3, 0.4) is 0 Å². The minimum absolute atomic E-state index is 0.00749. The number of nitrogens with two attached hydrogens (primary N) is 6. The van der Waals surface area contributed by atoms with E-state index < -0.39 is 24.9 Å². The molecule has 4 aromatic rings. The molecule has 6 fully saturated rings. The third-order valence-corrected chi connectivity index (χ3v) is 28.1. The zero-order valence-electron chi connectivity index (χ0n) is 53.6. The van der Waals surface area contributed by atoms with Crippen LogP contribution in [0.4, 0.5) is 33.9 Å². The number of aliphatic hydroxyl groups is 2. The van der Waals surface area contributed by atoms with E-state index in [1.54, 1.807) is 30.7 Å². The molecule has 1 unspecified atom stereocenters. The maximum Gasteiger partial charge on any atom is 0.410 e. The molecular weight excluding hydrogens is 1270 g/mol. The standard InChI is InChI=1S/C24H48N2O4SSi.C18H24ClN7OS.C9H7Cl2N5S.C9H18N2O/c1-21(2,3)29-20(27)26-14-12-24(13-15-26)17-18(30-32(10,11)23(7,8)9)16-19(24)25-31(28)22(4,5)6;19-14-11(1-4-23-15(14)21)28-17-16(22)25-13(9-24-17)26-5-2-18(3-6-26)8-10(27)7-12(18)20;10-5-3-15-9(8(13)16-5)17-4-1-2-14-7(12)6(4)11;10-8-5-7(12)6-9(8)1-3-11-4-2-9/h18-19,25H,12-17H2,1-11H3;1,4,9-10,12,27H,2-3,5-8,20H2,(H2,21,23)(H2,22,25);1-3H,(H2,12,14)(H2,13,16);7-8,11-12H,1-6,10H2/t18-,19+,31?;10-,12+;;7-,8+/m00.0/s1. The molecule has 0 radical (unpaired) electrons. The maximum atomic E-state index is 13.0. The summed E-state index contributed by atoms with van der Waals surface area (Å²) in [6.07, 6.45) is 16.8. The zero-order valence-corrected chi connectivity index (χ0v) is 59.3. The highest BCUT2D eigenvalue weighted by Crippen LogP contribution is 2.51. The van der Waals surface area contributed by atoms with Gasteiger partial charge in [-0.05, 0) is 178 Å². The molecule has 6 aliphatic rings. The summed E-state index contributed by atoms with van der Waals surface area (Å²) in [5, 5.41) is 25.1. The van der Waals surface area contributed by atoms with E-state index in [1.165, 1.54) is 29.7 Å². The van der Waals surface area contributed by atoms with Gasteiger partial charge < -0.3 is 68.9 Å². The number of nitrogens with zero attached hydrogens (tertiary/aromatic N) is 8. The van der Waals surface area contributed by atoms with Crippen molar-refractivity contribution in [3.8, 4) is 0 Å². The summed E-state index contributed by atoms with van der Waals surface area (Å²) in [6, 6.07) is 3.91. The van der Waals surface area contributed by atoms with Crippen molar-refractivity contribution in [1.29, 1.82) is 0 Å². The lowest BCUT2D eigenvalue weighted by molar-refractivity contribution is 0.00704. The van der Waals surface area contributed by atoms with E-state index in [2.05, 4.69) is 78.7 Å². The molecule has 3 aliphatic carbocycles. The van der Waals surface area contributed by atoms with E-state index in [4.69, 9.17) is 78.4 Å². The van der Waals surface area contributed by atoms with Gasteiger partial charge in [-0.25, -0.2) is 43.6 Å². The monoisotopic (exact) mass is 1370 g/mol. The number of halogens is 3. The number of aliphatic hydroxyl groups excluding tert-OH is 2. The fourth-order valence-electron chi connectivity index (χ4n) is 12.4. The number of hydrogen-bond donors (Lipinski definition) is 10. The third-order valence-electron chi connectivity index (χ3n) is 18.6. The van der Waals surface area contributed by atoms with Crippen molar-refractivity contribution in [2.24, 2.45) is 27.7 Å². The van der Waals surface area contributed by atoms with Gasteiger partial charge in [0.1, 0.15) is 38.3 Å².